The predicted molar refractivity (Wildman–Crippen MR) is 97.2 cm³/mol. The van der Waals surface area contributed by atoms with Crippen molar-refractivity contribution in [3.8, 4) is 0 Å². The fourth-order valence-electron chi connectivity index (χ4n) is 3.57. The Morgan fingerprint density at radius 1 is 1.04 bits per heavy atom. The highest BCUT2D eigenvalue weighted by Gasteiger charge is 2.32. The van der Waals surface area contributed by atoms with Crippen LogP contribution in [0.5, 0.6) is 0 Å². The van der Waals surface area contributed by atoms with Gasteiger partial charge in [-0.15, -0.1) is 0 Å². The number of likely N-dealkylation sites (tertiary alicyclic amines) is 1. The van der Waals surface area contributed by atoms with Gasteiger partial charge in [0.1, 0.15) is 11.0 Å². The first-order valence-electron chi connectivity index (χ1n) is 8.87. The fourth-order valence-corrected chi connectivity index (χ4v) is 5.22. The monoisotopic (exact) mass is 368 g/mol. The highest BCUT2D eigenvalue weighted by atomic mass is 35.5. The quantitative estimate of drug-likeness (QED) is 0.819. The molecule has 6 heteroatoms. The molecule has 0 aromatic heterocycles. The van der Waals surface area contributed by atoms with E-state index in [1.54, 1.807) is 12.1 Å². The lowest BCUT2D eigenvalue weighted by Crippen LogP contribution is -2.45. The Labute approximate surface area is 151 Å². The lowest BCUT2D eigenvalue weighted by Gasteiger charge is -2.34. The molecule has 4 nitrogen and oxygen atoms in total. The van der Waals surface area contributed by atoms with Crippen molar-refractivity contribution in [1.29, 1.82) is 0 Å². The molecule has 132 valence electrons. The van der Waals surface area contributed by atoms with Crippen LogP contribution >= 0.6 is 11.6 Å². The van der Waals surface area contributed by atoms with E-state index in [1.807, 2.05) is 21.3 Å². The predicted octanol–water partition coefficient (Wildman–Crippen LogP) is 3.48. The SMILES string of the molecule is O=C(C1CCCN(S(=O)c2ccccc2Cl)C1)N1CCCCCC1. The Bertz CT molecular complexity index is 602. The number of hydrogen-bond donors (Lipinski definition) is 0. The van der Waals surface area contributed by atoms with Crippen LogP contribution in [0.1, 0.15) is 38.5 Å². The van der Waals surface area contributed by atoms with Crippen LogP contribution in [0.2, 0.25) is 5.02 Å². The number of amides is 1. The Morgan fingerprint density at radius 2 is 1.75 bits per heavy atom. The van der Waals surface area contributed by atoms with Gasteiger partial charge in [-0.2, -0.15) is 0 Å². The molecule has 0 saturated carbocycles. The van der Waals surface area contributed by atoms with Crippen LogP contribution in [-0.4, -0.2) is 45.5 Å². The van der Waals surface area contributed by atoms with E-state index in [4.69, 9.17) is 11.6 Å². The summed E-state index contributed by atoms with van der Waals surface area (Å²) < 4.78 is 14.8. The first-order chi connectivity index (χ1) is 11.7. The van der Waals surface area contributed by atoms with Crippen LogP contribution in [0.25, 0.3) is 0 Å². The zero-order chi connectivity index (χ0) is 16.9. The van der Waals surface area contributed by atoms with Gasteiger partial charge in [-0.3, -0.25) is 4.79 Å². The molecular weight excluding hydrogens is 344 g/mol. The molecule has 0 aliphatic carbocycles. The van der Waals surface area contributed by atoms with Crippen molar-refractivity contribution in [2.45, 2.75) is 43.4 Å². The topological polar surface area (TPSA) is 40.6 Å². The average molecular weight is 369 g/mol. The van der Waals surface area contributed by atoms with Gasteiger partial charge in [-0.05, 0) is 37.8 Å². The van der Waals surface area contributed by atoms with Crippen molar-refractivity contribution in [2.75, 3.05) is 26.2 Å². The molecule has 24 heavy (non-hydrogen) atoms. The van der Waals surface area contributed by atoms with E-state index in [9.17, 15) is 9.00 Å². The van der Waals surface area contributed by atoms with Crippen LogP contribution in [0, 0.1) is 5.92 Å². The summed E-state index contributed by atoms with van der Waals surface area (Å²) in [5, 5.41) is 0.525. The molecular formula is C18H25ClN2O2S. The van der Waals surface area contributed by atoms with Crippen LogP contribution in [-0.2, 0) is 15.8 Å². The lowest BCUT2D eigenvalue weighted by molar-refractivity contribution is -0.136. The summed E-state index contributed by atoms with van der Waals surface area (Å²) in [7, 11) is -1.30. The maximum absolute atomic E-state index is 12.9. The molecule has 3 rings (SSSR count). The number of hydrogen-bond acceptors (Lipinski definition) is 2. The van der Waals surface area contributed by atoms with Crippen molar-refractivity contribution >= 4 is 28.5 Å². The minimum absolute atomic E-state index is 0.0386. The summed E-state index contributed by atoms with van der Waals surface area (Å²) in [5.74, 6) is 0.209. The first kappa shape index (κ1) is 17.9. The Morgan fingerprint density at radius 3 is 2.46 bits per heavy atom. The van der Waals surface area contributed by atoms with Gasteiger partial charge in [0, 0.05) is 26.2 Å². The molecule has 1 aromatic carbocycles. The van der Waals surface area contributed by atoms with Crippen molar-refractivity contribution < 1.29 is 9.00 Å². The molecule has 2 heterocycles. The van der Waals surface area contributed by atoms with Crippen LogP contribution in [0.3, 0.4) is 0 Å². The molecule has 2 aliphatic rings. The van der Waals surface area contributed by atoms with Gasteiger partial charge in [0.15, 0.2) is 0 Å². The largest absolute Gasteiger partial charge is 0.342 e. The van der Waals surface area contributed by atoms with Crippen molar-refractivity contribution in [3.63, 3.8) is 0 Å². The Kier molecular flexibility index (Phi) is 6.31. The normalized spacial score (nSPS) is 24.4. The zero-order valence-corrected chi connectivity index (χ0v) is 15.5. The second-order valence-corrected chi connectivity index (χ2v) is 8.51. The average Bonchev–Trinajstić information content (AvgIpc) is 2.90. The molecule has 0 spiro atoms. The molecule has 2 saturated heterocycles. The Hall–Kier alpha value is -0.910. The third kappa shape index (κ3) is 4.19. The van der Waals surface area contributed by atoms with E-state index in [-0.39, 0.29) is 11.8 Å². The van der Waals surface area contributed by atoms with Crippen molar-refractivity contribution in [1.82, 2.24) is 9.21 Å². The maximum Gasteiger partial charge on any atom is 0.227 e. The summed E-state index contributed by atoms with van der Waals surface area (Å²) in [6.45, 7) is 3.07. The smallest absolute Gasteiger partial charge is 0.227 e. The van der Waals surface area contributed by atoms with Gasteiger partial charge >= 0.3 is 0 Å². The van der Waals surface area contributed by atoms with Gasteiger partial charge in [0.25, 0.3) is 0 Å². The second kappa shape index (κ2) is 8.45. The maximum atomic E-state index is 12.9. The molecule has 2 atom stereocenters. The fraction of sp³-hybridized carbons (Fsp3) is 0.611. The highest BCUT2D eigenvalue weighted by molar-refractivity contribution is 7.82. The minimum Gasteiger partial charge on any atom is -0.342 e. The molecule has 2 fully saturated rings. The van der Waals surface area contributed by atoms with Crippen LogP contribution < -0.4 is 0 Å². The number of rotatable bonds is 3. The molecule has 2 aliphatic heterocycles. The van der Waals surface area contributed by atoms with E-state index >= 15 is 0 Å². The summed E-state index contributed by atoms with van der Waals surface area (Å²) >= 11 is 6.18. The third-order valence-electron chi connectivity index (χ3n) is 4.91. The summed E-state index contributed by atoms with van der Waals surface area (Å²) in [4.78, 5) is 15.5. The molecule has 0 radical (unpaired) electrons. The number of halogens is 1. The van der Waals surface area contributed by atoms with Gasteiger partial charge in [-0.25, -0.2) is 8.51 Å². The lowest BCUT2D eigenvalue weighted by atomic mass is 9.98. The zero-order valence-electron chi connectivity index (χ0n) is 14.0. The number of piperidine rings is 1. The third-order valence-corrected chi connectivity index (χ3v) is 6.88. The number of benzene rings is 1. The molecule has 0 bridgehead atoms. The molecule has 2 unspecified atom stereocenters. The highest BCUT2D eigenvalue weighted by Crippen LogP contribution is 2.26. The van der Waals surface area contributed by atoms with E-state index in [0.717, 1.165) is 45.3 Å². The van der Waals surface area contributed by atoms with Crippen LogP contribution in [0.15, 0.2) is 29.2 Å². The van der Waals surface area contributed by atoms with Crippen molar-refractivity contribution in [2.24, 2.45) is 5.92 Å². The van der Waals surface area contributed by atoms with E-state index in [0.29, 0.717) is 16.5 Å². The van der Waals surface area contributed by atoms with Gasteiger partial charge in [0.05, 0.1) is 15.8 Å². The summed E-state index contributed by atoms with van der Waals surface area (Å²) in [6.07, 6.45) is 6.45. The van der Waals surface area contributed by atoms with E-state index < -0.39 is 11.0 Å². The molecule has 0 N–H and O–H groups in total. The standard InChI is InChI=1S/C18H25ClN2O2S/c19-16-9-3-4-10-17(16)24(23)21-13-7-8-15(14-21)18(22)20-11-5-1-2-6-12-20/h3-4,9-10,15H,1-2,5-8,11-14H2. The van der Waals surface area contributed by atoms with E-state index in [2.05, 4.69) is 0 Å². The van der Waals surface area contributed by atoms with Gasteiger partial charge < -0.3 is 4.90 Å². The second-order valence-electron chi connectivity index (χ2n) is 6.65. The van der Waals surface area contributed by atoms with Gasteiger partial charge in [-0.1, -0.05) is 36.6 Å². The number of nitrogens with zero attached hydrogens (tertiary/aromatic N) is 2. The molecule has 1 aromatic rings. The van der Waals surface area contributed by atoms with Crippen LogP contribution in [0.4, 0.5) is 0 Å². The minimum atomic E-state index is -1.30. The summed E-state index contributed by atoms with van der Waals surface area (Å²) in [6, 6.07) is 7.26. The Balaban J connectivity index is 1.66. The number of carbonyl (C=O) groups is 1. The molecule has 1 amide bonds. The van der Waals surface area contributed by atoms with Gasteiger partial charge in [0.2, 0.25) is 5.91 Å². The van der Waals surface area contributed by atoms with Crippen molar-refractivity contribution in [3.05, 3.63) is 29.3 Å². The number of carbonyl (C=O) groups excluding carboxylic acids is 1. The van der Waals surface area contributed by atoms with E-state index in [1.165, 1.54) is 12.8 Å². The first-order valence-corrected chi connectivity index (χ1v) is 10.4. The summed E-state index contributed by atoms with van der Waals surface area (Å²) in [5.41, 5.74) is 0.